The van der Waals surface area contributed by atoms with E-state index >= 15 is 0 Å². The lowest BCUT2D eigenvalue weighted by Gasteiger charge is -2.15. The largest absolute Gasteiger partial charge is 0.308 e. The predicted octanol–water partition coefficient (Wildman–Crippen LogP) is 3.91. The van der Waals surface area contributed by atoms with E-state index in [9.17, 15) is 9.59 Å². The molecule has 0 saturated carbocycles. The number of aromatic nitrogens is 3. The van der Waals surface area contributed by atoms with Crippen molar-refractivity contribution >= 4 is 61.0 Å². The molecule has 0 atom stereocenters. The molecule has 4 aromatic rings. The minimum atomic E-state index is -0.338. The van der Waals surface area contributed by atoms with Crippen molar-refractivity contribution in [3.05, 3.63) is 72.4 Å². The van der Waals surface area contributed by atoms with Crippen LogP contribution in [-0.2, 0) is 4.79 Å². The zero-order chi connectivity index (χ0) is 21.0. The van der Waals surface area contributed by atoms with Crippen molar-refractivity contribution in [1.82, 2.24) is 14.6 Å². The third-order valence-electron chi connectivity index (χ3n) is 4.91. The number of hydrogen-bond acceptors (Lipinski definition) is 5. The number of benzene rings is 2. The second kappa shape index (κ2) is 7.30. The number of nitrogens with zero attached hydrogens (tertiary/aromatic N) is 4. The van der Waals surface area contributed by atoms with E-state index in [0.717, 1.165) is 27.7 Å². The number of halogens is 2. The van der Waals surface area contributed by atoms with Gasteiger partial charge in [0, 0.05) is 27.2 Å². The van der Waals surface area contributed by atoms with Crippen LogP contribution in [0.1, 0.15) is 18.9 Å². The monoisotopic (exact) mass is 500 g/mol. The number of carbonyl (C=O) groups excluding carboxylic acids is 1. The van der Waals surface area contributed by atoms with Gasteiger partial charge in [0.2, 0.25) is 4.96 Å². The summed E-state index contributed by atoms with van der Waals surface area (Å²) in [5, 5.41) is 4.99. The number of thiazole rings is 1. The van der Waals surface area contributed by atoms with Gasteiger partial charge >= 0.3 is 0 Å². The second-order valence-corrected chi connectivity index (χ2v) is 9.20. The Balaban J connectivity index is 1.72. The second-order valence-electron chi connectivity index (χ2n) is 6.87. The van der Waals surface area contributed by atoms with Crippen molar-refractivity contribution in [2.75, 3.05) is 11.4 Å². The zero-order valence-electron chi connectivity index (χ0n) is 15.7. The highest BCUT2D eigenvalue weighted by Crippen LogP contribution is 2.37. The number of anilines is 1. The van der Waals surface area contributed by atoms with Gasteiger partial charge in [-0.2, -0.15) is 9.50 Å². The Morgan fingerprint density at radius 3 is 2.60 bits per heavy atom. The molecule has 5 rings (SSSR count). The Labute approximate surface area is 188 Å². The van der Waals surface area contributed by atoms with Crippen LogP contribution in [0.5, 0.6) is 0 Å². The maximum atomic E-state index is 13.2. The number of rotatable bonds is 3. The zero-order valence-corrected chi connectivity index (χ0v) is 18.9. The number of amides is 1. The molecule has 0 fully saturated rings. The Morgan fingerprint density at radius 1 is 1.13 bits per heavy atom. The normalized spacial score (nSPS) is 15.3. The lowest BCUT2D eigenvalue weighted by Crippen LogP contribution is -2.32. The van der Waals surface area contributed by atoms with Crippen LogP contribution in [0, 0.1) is 0 Å². The van der Waals surface area contributed by atoms with Gasteiger partial charge in [-0.3, -0.25) is 9.59 Å². The first-order valence-electron chi connectivity index (χ1n) is 9.29. The first kappa shape index (κ1) is 19.4. The standard InChI is InChI=1S/C21H14BrClN4O2S/c1-2-9-26-15-8-5-12(22)10-14(15)16(19(26)28)17-20(29)27-21(30-17)24-18(25-27)11-3-6-13(23)7-4-11/h3-8,10H,2,9H2,1H3/b17-16-. The highest BCUT2D eigenvalue weighted by atomic mass is 79.9. The number of hydrogen-bond donors (Lipinski definition) is 0. The van der Waals surface area contributed by atoms with E-state index in [1.807, 2.05) is 25.1 Å². The van der Waals surface area contributed by atoms with Crippen molar-refractivity contribution < 1.29 is 4.79 Å². The molecule has 0 bridgehead atoms. The molecule has 1 aliphatic rings. The first-order valence-corrected chi connectivity index (χ1v) is 11.3. The van der Waals surface area contributed by atoms with E-state index in [-0.39, 0.29) is 11.5 Å². The maximum absolute atomic E-state index is 13.2. The van der Waals surface area contributed by atoms with E-state index in [4.69, 9.17) is 11.6 Å². The highest BCUT2D eigenvalue weighted by Gasteiger charge is 2.34. The van der Waals surface area contributed by atoms with Crippen LogP contribution in [0.25, 0.3) is 21.9 Å². The van der Waals surface area contributed by atoms with Gasteiger partial charge in [-0.15, -0.1) is 5.10 Å². The predicted molar refractivity (Wildman–Crippen MR) is 122 cm³/mol. The molecule has 150 valence electrons. The highest BCUT2D eigenvalue weighted by molar-refractivity contribution is 9.10. The third-order valence-corrected chi connectivity index (χ3v) is 6.69. The van der Waals surface area contributed by atoms with Crippen LogP contribution < -0.4 is 15.0 Å². The minimum absolute atomic E-state index is 0.163. The molecular formula is C21H14BrClN4O2S. The molecule has 6 nitrogen and oxygen atoms in total. The van der Waals surface area contributed by atoms with Crippen LogP contribution in [0.15, 0.2) is 51.7 Å². The van der Waals surface area contributed by atoms with Gasteiger partial charge in [0.1, 0.15) is 4.53 Å². The maximum Gasteiger partial charge on any atom is 0.291 e. The van der Waals surface area contributed by atoms with Crippen LogP contribution in [0.3, 0.4) is 0 Å². The molecule has 0 radical (unpaired) electrons. The summed E-state index contributed by atoms with van der Waals surface area (Å²) >= 11 is 10.6. The first-order chi connectivity index (χ1) is 14.5. The summed E-state index contributed by atoms with van der Waals surface area (Å²) in [6, 6.07) is 12.8. The Hall–Kier alpha value is -2.55. The molecule has 9 heteroatoms. The van der Waals surface area contributed by atoms with Gasteiger partial charge < -0.3 is 4.90 Å². The third kappa shape index (κ3) is 2.98. The average Bonchev–Trinajstić information content (AvgIpc) is 3.35. The summed E-state index contributed by atoms with van der Waals surface area (Å²) in [7, 11) is 0. The lowest BCUT2D eigenvalue weighted by molar-refractivity contribution is -0.113. The molecule has 2 aromatic carbocycles. The van der Waals surface area contributed by atoms with Crippen LogP contribution in [-0.4, -0.2) is 27.0 Å². The van der Waals surface area contributed by atoms with Crippen molar-refractivity contribution in [2.24, 2.45) is 0 Å². The SMILES string of the molecule is CCCN1C(=O)/C(=c2\sc3nc(-c4ccc(Cl)cc4)nn3c2=O)c2cc(Br)ccc21. The fraction of sp³-hybridized carbons (Fsp3) is 0.143. The summed E-state index contributed by atoms with van der Waals surface area (Å²) in [4.78, 5) is 33.1. The lowest BCUT2D eigenvalue weighted by atomic mass is 10.1. The van der Waals surface area contributed by atoms with Gasteiger partial charge in [0.05, 0.1) is 11.3 Å². The fourth-order valence-electron chi connectivity index (χ4n) is 3.57. The molecule has 1 amide bonds. The van der Waals surface area contributed by atoms with E-state index < -0.39 is 0 Å². The molecule has 30 heavy (non-hydrogen) atoms. The van der Waals surface area contributed by atoms with E-state index in [2.05, 4.69) is 26.0 Å². The minimum Gasteiger partial charge on any atom is -0.308 e. The van der Waals surface area contributed by atoms with Crippen LogP contribution in [0.4, 0.5) is 5.69 Å². The van der Waals surface area contributed by atoms with Gasteiger partial charge in [-0.1, -0.05) is 45.8 Å². The molecule has 0 unspecified atom stereocenters. The van der Waals surface area contributed by atoms with Crippen LogP contribution in [0.2, 0.25) is 5.02 Å². The average molecular weight is 502 g/mol. The molecule has 3 heterocycles. The van der Waals surface area contributed by atoms with E-state index in [1.54, 1.807) is 29.2 Å². The molecule has 0 spiro atoms. The van der Waals surface area contributed by atoms with Gasteiger partial charge in [-0.05, 0) is 48.9 Å². The molecule has 0 aliphatic carbocycles. The van der Waals surface area contributed by atoms with Crippen molar-refractivity contribution in [3.8, 4) is 11.4 Å². The molecule has 1 aliphatic heterocycles. The fourth-order valence-corrected chi connectivity index (χ4v) is 5.06. The quantitative estimate of drug-likeness (QED) is 0.427. The smallest absolute Gasteiger partial charge is 0.291 e. The summed E-state index contributed by atoms with van der Waals surface area (Å²) in [5.74, 6) is 0.282. The Kier molecular flexibility index (Phi) is 4.72. The Morgan fingerprint density at radius 2 is 1.90 bits per heavy atom. The summed E-state index contributed by atoms with van der Waals surface area (Å²) in [5.41, 5.74) is 2.41. The van der Waals surface area contributed by atoms with E-state index in [1.165, 1.54) is 15.9 Å². The van der Waals surface area contributed by atoms with Crippen molar-refractivity contribution in [2.45, 2.75) is 13.3 Å². The van der Waals surface area contributed by atoms with Crippen molar-refractivity contribution in [1.29, 1.82) is 0 Å². The summed E-state index contributed by atoms with van der Waals surface area (Å²) in [6.07, 6.45) is 0.818. The number of fused-ring (bicyclic) bond motifs is 2. The molecular weight excluding hydrogens is 488 g/mol. The van der Waals surface area contributed by atoms with Crippen molar-refractivity contribution in [3.63, 3.8) is 0 Å². The Bertz CT molecular complexity index is 1430. The van der Waals surface area contributed by atoms with Crippen LogP contribution >= 0.6 is 38.9 Å². The summed E-state index contributed by atoms with van der Waals surface area (Å²) < 4.78 is 2.47. The van der Waals surface area contributed by atoms with Gasteiger partial charge in [0.15, 0.2) is 5.82 Å². The molecule has 0 N–H and O–H groups in total. The molecule has 0 saturated heterocycles. The van der Waals surface area contributed by atoms with E-state index in [0.29, 0.717) is 32.5 Å². The topological polar surface area (TPSA) is 67.6 Å². The molecule has 2 aromatic heterocycles. The summed E-state index contributed by atoms with van der Waals surface area (Å²) in [6.45, 7) is 2.61. The number of carbonyl (C=O) groups is 1. The van der Waals surface area contributed by atoms with Gasteiger partial charge in [0.25, 0.3) is 11.5 Å². The van der Waals surface area contributed by atoms with Gasteiger partial charge in [-0.25, -0.2) is 0 Å².